The number of nitrogens with zero attached hydrogens (tertiary/aromatic N) is 1. The van der Waals surface area contributed by atoms with Crippen LogP contribution in [-0.2, 0) is 23.0 Å². The molecular formula is C15H22N2O3S. The van der Waals surface area contributed by atoms with Crippen molar-refractivity contribution in [2.45, 2.75) is 43.2 Å². The van der Waals surface area contributed by atoms with Crippen LogP contribution in [0.25, 0.3) is 0 Å². The number of piperidine rings is 1. The Morgan fingerprint density at radius 3 is 3.00 bits per heavy atom. The van der Waals surface area contributed by atoms with E-state index in [0.29, 0.717) is 11.4 Å². The van der Waals surface area contributed by atoms with Crippen molar-refractivity contribution in [1.29, 1.82) is 0 Å². The van der Waals surface area contributed by atoms with Gasteiger partial charge in [-0.05, 0) is 43.0 Å². The number of fused-ring (bicyclic) bond motifs is 1. The number of rotatable bonds is 3. The van der Waals surface area contributed by atoms with E-state index in [2.05, 4.69) is 5.32 Å². The highest BCUT2D eigenvalue weighted by Gasteiger charge is 2.35. The van der Waals surface area contributed by atoms with E-state index in [1.807, 2.05) is 12.1 Å². The summed E-state index contributed by atoms with van der Waals surface area (Å²) in [6.07, 6.45) is 3.33. The van der Waals surface area contributed by atoms with Crippen molar-refractivity contribution in [3.63, 3.8) is 0 Å². The summed E-state index contributed by atoms with van der Waals surface area (Å²) in [5, 5.41) is 12.8. The third-order valence-corrected chi connectivity index (χ3v) is 6.50. The van der Waals surface area contributed by atoms with E-state index in [9.17, 15) is 13.5 Å². The van der Waals surface area contributed by atoms with E-state index < -0.39 is 10.0 Å². The first-order valence-electron chi connectivity index (χ1n) is 7.59. The molecule has 0 saturated carbocycles. The zero-order valence-electron chi connectivity index (χ0n) is 12.1. The number of aliphatic hydroxyl groups is 1. The second kappa shape index (κ2) is 6.04. The minimum Gasteiger partial charge on any atom is -0.395 e. The summed E-state index contributed by atoms with van der Waals surface area (Å²) in [6.45, 7) is 1.94. The number of sulfonamides is 1. The first-order chi connectivity index (χ1) is 10.1. The van der Waals surface area contributed by atoms with Crippen LogP contribution in [0.5, 0.6) is 0 Å². The molecule has 1 unspecified atom stereocenters. The smallest absolute Gasteiger partial charge is 0.243 e. The highest BCUT2D eigenvalue weighted by Crippen LogP contribution is 2.29. The lowest BCUT2D eigenvalue weighted by molar-refractivity contribution is 0.155. The summed E-state index contributed by atoms with van der Waals surface area (Å²) >= 11 is 0. The van der Waals surface area contributed by atoms with Crippen molar-refractivity contribution in [3.8, 4) is 0 Å². The van der Waals surface area contributed by atoms with Gasteiger partial charge in [0, 0.05) is 19.1 Å². The molecule has 1 fully saturated rings. The summed E-state index contributed by atoms with van der Waals surface area (Å²) in [5.74, 6) is 0. The lowest BCUT2D eigenvalue weighted by Gasteiger charge is -2.34. The molecule has 1 atom stereocenters. The summed E-state index contributed by atoms with van der Waals surface area (Å²) in [7, 11) is -3.52. The minimum atomic E-state index is -3.52. The maximum atomic E-state index is 13.0. The summed E-state index contributed by atoms with van der Waals surface area (Å²) < 4.78 is 27.6. The molecule has 2 N–H and O–H groups in total. The van der Waals surface area contributed by atoms with Crippen LogP contribution in [0.4, 0.5) is 0 Å². The third-order valence-electron chi connectivity index (χ3n) is 4.47. The van der Waals surface area contributed by atoms with Crippen LogP contribution in [0.3, 0.4) is 0 Å². The Morgan fingerprint density at radius 2 is 2.19 bits per heavy atom. The fourth-order valence-corrected chi connectivity index (χ4v) is 5.32. The number of aliphatic hydroxyl groups excluding tert-OH is 1. The maximum absolute atomic E-state index is 13.0. The zero-order chi connectivity index (χ0) is 14.9. The van der Waals surface area contributed by atoms with Crippen LogP contribution in [0.2, 0.25) is 0 Å². The van der Waals surface area contributed by atoms with Gasteiger partial charge < -0.3 is 10.4 Å². The molecule has 2 aliphatic rings. The van der Waals surface area contributed by atoms with E-state index in [1.54, 1.807) is 6.07 Å². The van der Waals surface area contributed by atoms with Gasteiger partial charge in [0.25, 0.3) is 0 Å². The predicted octanol–water partition coefficient (Wildman–Crippen LogP) is 0.868. The fraction of sp³-hybridized carbons (Fsp3) is 0.600. The number of nitrogens with one attached hydrogen (secondary N) is 1. The Labute approximate surface area is 126 Å². The van der Waals surface area contributed by atoms with Crippen molar-refractivity contribution >= 4 is 10.0 Å². The fourth-order valence-electron chi connectivity index (χ4n) is 3.34. The molecule has 116 valence electrons. The Bertz CT molecular complexity index is 615. The summed E-state index contributed by atoms with van der Waals surface area (Å²) in [5.41, 5.74) is 2.01. The molecule has 3 rings (SSSR count). The van der Waals surface area contributed by atoms with Gasteiger partial charge in [-0.15, -0.1) is 0 Å². The van der Waals surface area contributed by atoms with Crippen LogP contribution in [-0.4, -0.2) is 43.6 Å². The van der Waals surface area contributed by atoms with Gasteiger partial charge in [-0.25, -0.2) is 8.42 Å². The van der Waals surface area contributed by atoms with Gasteiger partial charge in [0.15, 0.2) is 0 Å². The minimum absolute atomic E-state index is 0.101. The van der Waals surface area contributed by atoms with E-state index in [-0.39, 0.29) is 12.6 Å². The molecule has 0 spiro atoms. The number of hydrogen-bond acceptors (Lipinski definition) is 4. The van der Waals surface area contributed by atoms with Crippen molar-refractivity contribution in [1.82, 2.24) is 9.62 Å². The van der Waals surface area contributed by atoms with Gasteiger partial charge >= 0.3 is 0 Å². The van der Waals surface area contributed by atoms with Gasteiger partial charge in [-0.3, -0.25) is 0 Å². The largest absolute Gasteiger partial charge is 0.395 e. The van der Waals surface area contributed by atoms with E-state index in [0.717, 1.165) is 49.9 Å². The van der Waals surface area contributed by atoms with Crippen LogP contribution >= 0.6 is 0 Å². The van der Waals surface area contributed by atoms with Gasteiger partial charge in [-0.1, -0.05) is 18.6 Å². The van der Waals surface area contributed by atoms with Gasteiger partial charge in [0.1, 0.15) is 0 Å². The lowest BCUT2D eigenvalue weighted by atomic mass is 10.0. The molecule has 1 aromatic carbocycles. The standard InChI is InChI=1S/C15H22N2O3S/c18-11-13-5-1-2-9-17(13)21(19,20)15-6-3-4-12-10-16-8-7-14(12)15/h3-4,6,13,16,18H,1-2,5,7-11H2. The molecule has 0 aromatic heterocycles. The molecule has 2 aliphatic heterocycles. The highest BCUT2D eigenvalue weighted by molar-refractivity contribution is 7.89. The predicted molar refractivity (Wildman–Crippen MR) is 80.5 cm³/mol. The maximum Gasteiger partial charge on any atom is 0.243 e. The lowest BCUT2D eigenvalue weighted by Crippen LogP contribution is -2.46. The Hall–Kier alpha value is -0.950. The molecule has 6 heteroatoms. The first kappa shape index (κ1) is 15.0. The van der Waals surface area contributed by atoms with Crippen molar-refractivity contribution in [3.05, 3.63) is 29.3 Å². The molecule has 0 aliphatic carbocycles. The molecule has 0 radical (unpaired) electrons. The molecule has 21 heavy (non-hydrogen) atoms. The number of hydrogen-bond donors (Lipinski definition) is 2. The summed E-state index contributed by atoms with van der Waals surface area (Å²) in [4.78, 5) is 0.432. The number of benzene rings is 1. The first-order valence-corrected chi connectivity index (χ1v) is 9.03. The SMILES string of the molecule is O=S(=O)(c1cccc2c1CCNC2)N1CCCCC1CO. The summed E-state index contributed by atoms with van der Waals surface area (Å²) in [6, 6.07) is 5.24. The van der Waals surface area contributed by atoms with Crippen molar-refractivity contribution in [2.75, 3.05) is 19.7 Å². The highest BCUT2D eigenvalue weighted by atomic mass is 32.2. The van der Waals surface area contributed by atoms with Crippen LogP contribution in [0.1, 0.15) is 30.4 Å². The van der Waals surface area contributed by atoms with Gasteiger partial charge in [0.05, 0.1) is 11.5 Å². The molecule has 5 nitrogen and oxygen atoms in total. The van der Waals surface area contributed by atoms with Crippen LogP contribution < -0.4 is 5.32 Å². The average Bonchev–Trinajstić information content (AvgIpc) is 2.54. The second-order valence-electron chi connectivity index (χ2n) is 5.77. The zero-order valence-corrected chi connectivity index (χ0v) is 12.9. The Kier molecular flexibility index (Phi) is 4.31. The molecule has 1 saturated heterocycles. The topological polar surface area (TPSA) is 69.6 Å². The van der Waals surface area contributed by atoms with E-state index in [4.69, 9.17) is 0 Å². The van der Waals surface area contributed by atoms with E-state index in [1.165, 1.54) is 4.31 Å². The quantitative estimate of drug-likeness (QED) is 0.869. The molecular weight excluding hydrogens is 288 g/mol. The third kappa shape index (κ3) is 2.73. The second-order valence-corrected chi connectivity index (χ2v) is 7.63. The molecule has 2 heterocycles. The monoisotopic (exact) mass is 310 g/mol. The van der Waals surface area contributed by atoms with Crippen LogP contribution in [0, 0.1) is 0 Å². The van der Waals surface area contributed by atoms with Crippen molar-refractivity contribution < 1.29 is 13.5 Å². The van der Waals surface area contributed by atoms with Gasteiger partial charge in [-0.2, -0.15) is 4.31 Å². The Balaban J connectivity index is 2.02. The normalized spacial score (nSPS) is 23.8. The molecule has 0 amide bonds. The van der Waals surface area contributed by atoms with E-state index >= 15 is 0 Å². The molecule has 0 bridgehead atoms. The Morgan fingerprint density at radius 1 is 1.33 bits per heavy atom. The van der Waals surface area contributed by atoms with Crippen molar-refractivity contribution in [2.24, 2.45) is 0 Å². The average molecular weight is 310 g/mol. The van der Waals surface area contributed by atoms with Crippen LogP contribution in [0.15, 0.2) is 23.1 Å². The van der Waals surface area contributed by atoms with Gasteiger partial charge in [0.2, 0.25) is 10.0 Å². The molecule has 1 aromatic rings.